The number of carbonyl (C=O) groups is 3. The molecule has 0 saturated carbocycles. The molecule has 1 unspecified atom stereocenters. The fourth-order valence-corrected chi connectivity index (χ4v) is 5.97. The Morgan fingerprint density at radius 1 is 0.881 bits per heavy atom. The Hall–Kier alpha value is -4.47. The lowest BCUT2D eigenvalue weighted by Crippen LogP contribution is -2.50. The van der Waals surface area contributed by atoms with Crippen molar-refractivity contribution in [3.05, 3.63) is 84.4 Å². The van der Waals surface area contributed by atoms with Crippen LogP contribution in [0, 0.1) is 0 Å². The van der Waals surface area contributed by atoms with Crippen LogP contribution in [0.25, 0.3) is 22.2 Å². The molecule has 0 aliphatic carbocycles. The van der Waals surface area contributed by atoms with Crippen molar-refractivity contribution < 1.29 is 19.1 Å². The molecule has 2 aliphatic rings. The van der Waals surface area contributed by atoms with E-state index in [0.717, 1.165) is 39.8 Å². The number of likely N-dealkylation sites (tertiary alicyclic amines) is 1. The van der Waals surface area contributed by atoms with Gasteiger partial charge in [-0.25, -0.2) is 0 Å². The molecular formula is C33H35N5O4. The van der Waals surface area contributed by atoms with Crippen LogP contribution in [-0.4, -0.2) is 71.4 Å². The molecule has 2 fully saturated rings. The quantitative estimate of drug-likeness (QED) is 0.299. The molecule has 42 heavy (non-hydrogen) atoms. The average Bonchev–Trinajstić information content (AvgIpc) is 3.66. The largest absolute Gasteiger partial charge is 0.379 e. The van der Waals surface area contributed by atoms with E-state index >= 15 is 0 Å². The number of hydrogen-bond donors (Lipinski definition) is 3. The third-order valence-corrected chi connectivity index (χ3v) is 8.00. The van der Waals surface area contributed by atoms with Crippen LogP contribution in [0.3, 0.4) is 0 Å². The topological polar surface area (TPSA) is 107 Å². The summed E-state index contributed by atoms with van der Waals surface area (Å²) in [5.74, 6) is -0.310. The van der Waals surface area contributed by atoms with E-state index < -0.39 is 12.1 Å². The van der Waals surface area contributed by atoms with Crippen LogP contribution in [0.4, 0.5) is 11.4 Å². The normalized spacial score (nSPS) is 18.1. The zero-order valence-corrected chi connectivity index (χ0v) is 23.6. The fraction of sp³-hybridized carbons (Fsp3) is 0.303. The van der Waals surface area contributed by atoms with Gasteiger partial charge in [0.1, 0.15) is 12.1 Å². The van der Waals surface area contributed by atoms with Gasteiger partial charge >= 0.3 is 0 Å². The molecule has 0 bridgehead atoms. The van der Waals surface area contributed by atoms with Crippen molar-refractivity contribution in [2.45, 2.75) is 31.8 Å². The summed E-state index contributed by atoms with van der Waals surface area (Å²) in [5.41, 5.74) is 5.24. The van der Waals surface area contributed by atoms with E-state index in [-0.39, 0.29) is 17.7 Å². The molecule has 1 aromatic heterocycles. The first-order valence-corrected chi connectivity index (χ1v) is 14.5. The van der Waals surface area contributed by atoms with Gasteiger partial charge in [0, 0.05) is 54.5 Å². The first-order chi connectivity index (χ1) is 20.5. The highest BCUT2D eigenvalue weighted by Crippen LogP contribution is 2.30. The summed E-state index contributed by atoms with van der Waals surface area (Å²) in [6.07, 6.45) is 1.42. The van der Waals surface area contributed by atoms with Gasteiger partial charge in [0.05, 0.1) is 13.2 Å². The number of rotatable bonds is 7. The Kier molecular flexibility index (Phi) is 8.03. The number of fused-ring (bicyclic) bond motifs is 1. The maximum atomic E-state index is 14.0. The van der Waals surface area contributed by atoms with Gasteiger partial charge in [-0.05, 0) is 60.4 Å². The third kappa shape index (κ3) is 5.93. The van der Waals surface area contributed by atoms with Crippen LogP contribution in [0.15, 0.2) is 78.9 Å². The number of H-pyrrole nitrogens is 1. The summed E-state index contributed by atoms with van der Waals surface area (Å²) in [4.78, 5) is 46.3. The molecule has 9 heteroatoms. The van der Waals surface area contributed by atoms with Crippen molar-refractivity contribution in [3.63, 3.8) is 0 Å². The van der Waals surface area contributed by atoms with E-state index in [4.69, 9.17) is 4.74 Å². The second kappa shape index (κ2) is 12.2. The number of morpholine rings is 1. The molecule has 3 aromatic carbocycles. The molecule has 3 N–H and O–H groups in total. The Balaban J connectivity index is 1.18. The zero-order chi connectivity index (χ0) is 29.1. The van der Waals surface area contributed by atoms with E-state index in [1.807, 2.05) is 78.9 Å². The molecule has 4 aromatic rings. The Morgan fingerprint density at radius 2 is 1.62 bits per heavy atom. The number of aromatic nitrogens is 1. The summed E-state index contributed by atoms with van der Waals surface area (Å²) in [7, 11) is 0. The van der Waals surface area contributed by atoms with Gasteiger partial charge in [-0.2, -0.15) is 0 Å². The van der Waals surface area contributed by atoms with E-state index in [2.05, 4.69) is 20.5 Å². The molecule has 0 radical (unpaired) electrons. The van der Waals surface area contributed by atoms with Crippen LogP contribution in [-0.2, 0) is 19.1 Å². The minimum absolute atomic E-state index is 0.0315. The maximum absolute atomic E-state index is 14.0. The van der Waals surface area contributed by atoms with Crippen molar-refractivity contribution in [1.29, 1.82) is 0 Å². The fourth-order valence-electron chi connectivity index (χ4n) is 5.97. The molecule has 3 amide bonds. The predicted octanol–water partition coefficient (Wildman–Crippen LogP) is 4.80. The SMILES string of the molecule is CC(=O)Nc1ccc(-c2cc3cc(NC(=O)[C@@H]4CCCN4C(=O)C(c4ccccc4)N4CCOCC4)ccc3[nH]2)cc1. The van der Waals surface area contributed by atoms with Crippen LogP contribution in [0.2, 0.25) is 0 Å². The van der Waals surface area contributed by atoms with Gasteiger partial charge in [-0.3, -0.25) is 19.3 Å². The molecular weight excluding hydrogens is 530 g/mol. The molecule has 3 heterocycles. The zero-order valence-electron chi connectivity index (χ0n) is 23.6. The summed E-state index contributed by atoms with van der Waals surface area (Å²) >= 11 is 0. The Bertz CT molecular complexity index is 1580. The van der Waals surface area contributed by atoms with Crippen molar-refractivity contribution in [1.82, 2.24) is 14.8 Å². The highest BCUT2D eigenvalue weighted by atomic mass is 16.5. The molecule has 2 aliphatic heterocycles. The van der Waals surface area contributed by atoms with E-state index in [1.165, 1.54) is 6.92 Å². The van der Waals surface area contributed by atoms with Crippen molar-refractivity contribution in [2.24, 2.45) is 0 Å². The highest BCUT2D eigenvalue weighted by Gasteiger charge is 2.40. The van der Waals surface area contributed by atoms with Crippen molar-refractivity contribution in [2.75, 3.05) is 43.5 Å². The standard InChI is InChI=1S/C33H35N5O4/c1-22(39)34-26-11-9-23(10-12-26)29-21-25-20-27(13-14-28(25)36-29)35-32(40)30-8-5-15-38(30)33(41)31(24-6-3-2-4-7-24)37-16-18-42-19-17-37/h2-4,6-7,9-14,20-21,30-31,36H,5,8,15-19H2,1H3,(H,34,39)(H,35,40)/t30-,31?/m0/s1. The monoisotopic (exact) mass is 565 g/mol. The van der Waals surface area contributed by atoms with Gasteiger partial charge in [-0.15, -0.1) is 0 Å². The second-order valence-electron chi connectivity index (χ2n) is 10.9. The number of aromatic amines is 1. The van der Waals surface area contributed by atoms with Crippen LogP contribution >= 0.6 is 0 Å². The Labute approximate surface area is 244 Å². The van der Waals surface area contributed by atoms with E-state index in [1.54, 1.807) is 4.90 Å². The van der Waals surface area contributed by atoms with Crippen molar-refractivity contribution >= 4 is 40.0 Å². The first kappa shape index (κ1) is 27.7. The number of nitrogens with one attached hydrogen (secondary N) is 3. The molecule has 216 valence electrons. The molecule has 0 spiro atoms. The molecule has 6 rings (SSSR count). The maximum Gasteiger partial charge on any atom is 0.247 e. The van der Waals surface area contributed by atoms with Crippen LogP contribution < -0.4 is 10.6 Å². The highest BCUT2D eigenvalue weighted by molar-refractivity contribution is 6.00. The molecule has 9 nitrogen and oxygen atoms in total. The number of anilines is 2. The van der Waals surface area contributed by atoms with Crippen molar-refractivity contribution in [3.8, 4) is 11.3 Å². The van der Waals surface area contributed by atoms with Crippen LogP contribution in [0.5, 0.6) is 0 Å². The summed E-state index contributed by atoms with van der Waals surface area (Å²) in [5, 5.41) is 6.81. The van der Waals surface area contributed by atoms with Gasteiger partial charge in [-0.1, -0.05) is 42.5 Å². The molecule has 2 atom stereocenters. The number of hydrogen-bond acceptors (Lipinski definition) is 5. The second-order valence-corrected chi connectivity index (χ2v) is 10.9. The number of carbonyl (C=O) groups excluding carboxylic acids is 3. The lowest BCUT2D eigenvalue weighted by Gasteiger charge is -2.37. The lowest BCUT2D eigenvalue weighted by atomic mass is 10.0. The van der Waals surface area contributed by atoms with E-state index in [0.29, 0.717) is 45.0 Å². The summed E-state index contributed by atoms with van der Waals surface area (Å²) in [6.45, 7) is 4.57. The van der Waals surface area contributed by atoms with Gasteiger partial charge < -0.3 is 25.3 Å². The number of amides is 3. The number of benzene rings is 3. The van der Waals surface area contributed by atoms with Gasteiger partial charge in [0.15, 0.2) is 0 Å². The molecule has 2 saturated heterocycles. The van der Waals surface area contributed by atoms with Crippen LogP contribution in [0.1, 0.15) is 31.4 Å². The average molecular weight is 566 g/mol. The van der Waals surface area contributed by atoms with E-state index in [9.17, 15) is 14.4 Å². The van der Waals surface area contributed by atoms with Gasteiger partial charge in [0.25, 0.3) is 0 Å². The minimum Gasteiger partial charge on any atom is -0.379 e. The lowest BCUT2D eigenvalue weighted by molar-refractivity contribution is -0.143. The Morgan fingerprint density at radius 3 is 2.36 bits per heavy atom. The van der Waals surface area contributed by atoms with Gasteiger partial charge in [0.2, 0.25) is 17.7 Å². The summed E-state index contributed by atoms with van der Waals surface area (Å²) < 4.78 is 5.54. The third-order valence-electron chi connectivity index (χ3n) is 8.00. The summed E-state index contributed by atoms with van der Waals surface area (Å²) in [6, 6.07) is 24.3. The predicted molar refractivity (Wildman–Crippen MR) is 163 cm³/mol. The number of ether oxygens (including phenoxy) is 1. The number of nitrogens with zero attached hydrogens (tertiary/aromatic N) is 2. The smallest absolute Gasteiger partial charge is 0.247 e. The minimum atomic E-state index is -0.524. The first-order valence-electron chi connectivity index (χ1n) is 14.5.